The third-order valence-corrected chi connectivity index (χ3v) is 4.44. The van der Waals surface area contributed by atoms with Crippen LogP contribution in [0, 0.1) is 0 Å². The molecule has 0 atom stereocenters. The number of nitrogens with two attached hydrogens (primary N) is 1. The highest BCUT2D eigenvalue weighted by molar-refractivity contribution is 5.24. The lowest BCUT2D eigenvalue weighted by Gasteiger charge is -2.33. The Morgan fingerprint density at radius 1 is 1.11 bits per heavy atom. The van der Waals surface area contributed by atoms with Crippen LogP contribution in [0.25, 0.3) is 0 Å². The molecular weight excluding hydrogens is 232 g/mol. The second-order valence-electron chi connectivity index (χ2n) is 6.38. The van der Waals surface area contributed by atoms with Crippen molar-refractivity contribution in [2.45, 2.75) is 64.1 Å². The van der Waals surface area contributed by atoms with E-state index >= 15 is 0 Å². The SMILES string of the molecule is CC(C)c1ccc(CN(C)C2CCC(N)CC2)cc1. The molecule has 19 heavy (non-hydrogen) atoms. The van der Waals surface area contributed by atoms with Gasteiger partial charge in [-0.1, -0.05) is 38.1 Å². The van der Waals surface area contributed by atoms with Gasteiger partial charge < -0.3 is 5.73 Å². The fourth-order valence-corrected chi connectivity index (χ4v) is 2.97. The maximum atomic E-state index is 5.98. The minimum absolute atomic E-state index is 0.440. The monoisotopic (exact) mass is 260 g/mol. The molecule has 2 nitrogen and oxygen atoms in total. The van der Waals surface area contributed by atoms with Gasteiger partial charge in [0.1, 0.15) is 0 Å². The smallest absolute Gasteiger partial charge is 0.0233 e. The van der Waals surface area contributed by atoms with Gasteiger partial charge in [0, 0.05) is 18.6 Å². The molecule has 0 radical (unpaired) electrons. The molecule has 0 unspecified atom stereocenters. The van der Waals surface area contributed by atoms with E-state index in [9.17, 15) is 0 Å². The lowest BCUT2D eigenvalue weighted by atomic mass is 9.91. The summed E-state index contributed by atoms with van der Waals surface area (Å²) in [6, 6.07) is 10.2. The topological polar surface area (TPSA) is 29.3 Å². The summed E-state index contributed by atoms with van der Waals surface area (Å²) in [5.74, 6) is 0.617. The number of hydrogen-bond acceptors (Lipinski definition) is 2. The third kappa shape index (κ3) is 4.05. The van der Waals surface area contributed by atoms with Crippen molar-refractivity contribution < 1.29 is 0 Å². The Bertz CT molecular complexity index is 375. The first kappa shape index (κ1) is 14.5. The van der Waals surface area contributed by atoms with Crippen LogP contribution in [0.2, 0.25) is 0 Å². The van der Waals surface area contributed by atoms with E-state index in [1.54, 1.807) is 0 Å². The number of hydrogen-bond donors (Lipinski definition) is 1. The summed E-state index contributed by atoms with van der Waals surface area (Å²) in [4.78, 5) is 2.50. The van der Waals surface area contributed by atoms with Crippen LogP contribution in [0.5, 0.6) is 0 Å². The highest BCUT2D eigenvalue weighted by Crippen LogP contribution is 2.23. The quantitative estimate of drug-likeness (QED) is 0.897. The fraction of sp³-hybridized carbons (Fsp3) is 0.647. The maximum Gasteiger partial charge on any atom is 0.0233 e. The second-order valence-corrected chi connectivity index (χ2v) is 6.38. The van der Waals surface area contributed by atoms with Crippen LogP contribution < -0.4 is 5.73 Å². The average Bonchev–Trinajstić information content (AvgIpc) is 2.40. The largest absolute Gasteiger partial charge is 0.328 e. The van der Waals surface area contributed by atoms with Crippen molar-refractivity contribution in [3.05, 3.63) is 35.4 Å². The molecule has 106 valence electrons. The highest BCUT2D eigenvalue weighted by atomic mass is 15.1. The molecule has 0 heterocycles. The predicted octanol–water partition coefficient (Wildman–Crippen LogP) is 3.51. The van der Waals surface area contributed by atoms with Crippen LogP contribution in [0.15, 0.2) is 24.3 Å². The van der Waals surface area contributed by atoms with Crippen LogP contribution in [0.3, 0.4) is 0 Å². The first-order chi connectivity index (χ1) is 9.06. The first-order valence-corrected chi connectivity index (χ1v) is 7.61. The summed E-state index contributed by atoms with van der Waals surface area (Å²) in [5, 5.41) is 0. The minimum Gasteiger partial charge on any atom is -0.328 e. The summed E-state index contributed by atoms with van der Waals surface area (Å²) in [6.07, 6.45) is 4.87. The van der Waals surface area contributed by atoms with Crippen LogP contribution in [0.4, 0.5) is 0 Å². The van der Waals surface area contributed by atoms with E-state index in [4.69, 9.17) is 5.73 Å². The van der Waals surface area contributed by atoms with E-state index in [-0.39, 0.29) is 0 Å². The predicted molar refractivity (Wildman–Crippen MR) is 82.2 cm³/mol. The van der Waals surface area contributed by atoms with Crippen molar-refractivity contribution in [1.82, 2.24) is 4.90 Å². The van der Waals surface area contributed by atoms with Gasteiger partial charge in [0.2, 0.25) is 0 Å². The lowest BCUT2D eigenvalue weighted by molar-refractivity contribution is 0.176. The van der Waals surface area contributed by atoms with Gasteiger partial charge in [0.15, 0.2) is 0 Å². The number of rotatable bonds is 4. The van der Waals surface area contributed by atoms with Gasteiger partial charge in [-0.25, -0.2) is 0 Å². The summed E-state index contributed by atoms with van der Waals surface area (Å²) in [5.41, 5.74) is 8.82. The lowest BCUT2D eigenvalue weighted by Crippen LogP contribution is -2.38. The normalized spacial score (nSPS) is 24.1. The van der Waals surface area contributed by atoms with E-state index in [0.717, 1.165) is 6.54 Å². The van der Waals surface area contributed by atoms with Gasteiger partial charge in [0.05, 0.1) is 0 Å². The Hall–Kier alpha value is -0.860. The molecule has 0 bridgehead atoms. The van der Waals surface area contributed by atoms with E-state index < -0.39 is 0 Å². The van der Waals surface area contributed by atoms with Crippen molar-refractivity contribution in [3.8, 4) is 0 Å². The van der Waals surface area contributed by atoms with Crippen molar-refractivity contribution in [2.75, 3.05) is 7.05 Å². The zero-order valence-corrected chi connectivity index (χ0v) is 12.6. The van der Waals surface area contributed by atoms with Gasteiger partial charge >= 0.3 is 0 Å². The molecule has 0 spiro atoms. The molecular formula is C17H28N2. The number of nitrogens with zero attached hydrogens (tertiary/aromatic N) is 1. The summed E-state index contributed by atoms with van der Waals surface area (Å²) in [7, 11) is 2.25. The molecule has 1 saturated carbocycles. The highest BCUT2D eigenvalue weighted by Gasteiger charge is 2.21. The molecule has 0 amide bonds. The van der Waals surface area contributed by atoms with Crippen LogP contribution in [-0.4, -0.2) is 24.0 Å². The van der Waals surface area contributed by atoms with Gasteiger partial charge in [-0.3, -0.25) is 4.90 Å². The molecule has 0 saturated heterocycles. The van der Waals surface area contributed by atoms with Crippen LogP contribution in [0.1, 0.15) is 56.6 Å². The average molecular weight is 260 g/mol. The van der Waals surface area contributed by atoms with Gasteiger partial charge in [-0.15, -0.1) is 0 Å². The standard InChI is InChI=1S/C17H28N2/c1-13(2)15-6-4-14(5-7-15)12-19(3)17-10-8-16(18)9-11-17/h4-7,13,16-17H,8-12,18H2,1-3H3. The molecule has 1 fully saturated rings. The van der Waals surface area contributed by atoms with Gasteiger partial charge in [-0.2, -0.15) is 0 Å². The molecule has 1 aromatic carbocycles. The second kappa shape index (κ2) is 6.53. The van der Waals surface area contributed by atoms with E-state index in [1.165, 1.54) is 36.8 Å². The Labute approximate surface area is 118 Å². The number of benzene rings is 1. The summed E-state index contributed by atoms with van der Waals surface area (Å²) in [6.45, 7) is 5.54. The molecule has 1 aliphatic rings. The van der Waals surface area contributed by atoms with E-state index in [2.05, 4.69) is 50.1 Å². The Kier molecular flexibility index (Phi) is 5.00. The Balaban J connectivity index is 1.89. The van der Waals surface area contributed by atoms with E-state index in [1.807, 2.05) is 0 Å². The van der Waals surface area contributed by atoms with Crippen molar-refractivity contribution in [3.63, 3.8) is 0 Å². The van der Waals surface area contributed by atoms with Crippen LogP contribution >= 0.6 is 0 Å². The first-order valence-electron chi connectivity index (χ1n) is 7.61. The zero-order chi connectivity index (χ0) is 13.8. The summed E-state index contributed by atoms with van der Waals surface area (Å²) >= 11 is 0. The van der Waals surface area contributed by atoms with Gasteiger partial charge in [-0.05, 0) is 49.8 Å². The maximum absolute atomic E-state index is 5.98. The molecule has 2 heteroatoms. The van der Waals surface area contributed by atoms with E-state index in [0.29, 0.717) is 18.0 Å². The van der Waals surface area contributed by atoms with Crippen LogP contribution in [-0.2, 0) is 6.54 Å². The Morgan fingerprint density at radius 2 is 1.68 bits per heavy atom. The molecule has 0 aliphatic heterocycles. The van der Waals surface area contributed by atoms with Crippen molar-refractivity contribution in [1.29, 1.82) is 0 Å². The molecule has 2 rings (SSSR count). The Morgan fingerprint density at radius 3 is 2.21 bits per heavy atom. The molecule has 1 aliphatic carbocycles. The zero-order valence-electron chi connectivity index (χ0n) is 12.6. The molecule has 2 N–H and O–H groups in total. The summed E-state index contributed by atoms with van der Waals surface area (Å²) < 4.78 is 0. The third-order valence-electron chi connectivity index (χ3n) is 4.44. The molecule has 1 aromatic rings. The van der Waals surface area contributed by atoms with Crippen molar-refractivity contribution >= 4 is 0 Å². The van der Waals surface area contributed by atoms with Crippen molar-refractivity contribution in [2.24, 2.45) is 5.73 Å². The van der Waals surface area contributed by atoms with Gasteiger partial charge in [0.25, 0.3) is 0 Å². The fourth-order valence-electron chi connectivity index (χ4n) is 2.97. The molecule has 0 aromatic heterocycles. The minimum atomic E-state index is 0.440.